The van der Waals surface area contributed by atoms with E-state index in [-0.39, 0.29) is 17.9 Å². The van der Waals surface area contributed by atoms with Crippen LogP contribution in [0.2, 0.25) is 0 Å². The normalized spacial score (nSPS) is 23.5. The van der Waals surface area contributed by atoms with Gasteiger partial charge in [-0.3, -0.25) is 9.69 Å². The Hall–Kier alpha value is -1.89. The van der Waals surface area contributed by atoms with Gasteiger partial charge in [0.15, 0.2) is 0 Å². The van der Waals surface area contributed by atoms with Crippen molar-refractivity contribution in [3.8, 4) is 5.75 Å². The van der Waals surface area contributed by atoms with Gasteiger partial charge >= 0.3 is 0 Å². The first-order valence-electron chi connectivity index (χ1n) is 12.0. The molecule has 1 aromatic heterocycles. The fraction of sp³-hybridized carbons (Fsp3) is 0.577. The summed E-state index contributed by atoms with van der Waals surface area (Å²) in [5.41, 5.74) is 1.15. The van der Waals surface area contributed by atoms with E-state index in [0.717, 1.165) is 63.5 Å². The lowest BCUT2D eigenvalue weighted by Crippen LogP contribution is -2.48. The van der Waals surface area contributed by atoms with Crippen LogP contribution in [0.5, 0.6) is 5.75 Å². The minimum Gasteiger partial charge on any atom is -0.493 e. The number of carbonyl (C=O) groups is 1. The van der Waals surface area contributed by atoms with Crippen LogP contribution >= 0.6 is 11.3 Å². The Morgan fingerprint density at radius 1 is 1.19 bits per heavy atom. The van der Waals surface area contributed by atoms with Gasteiger partial charge in [0.25, 0.3) is 0 Å². The molecule has 4 atom stereocenters. The Bertz CT molecular complexity index is 846. The fourth-order valence-corrected chi connectivity index (χ4v) is 5.16. The molecule has 1 amide bonds. The molecular formula is C26H37N3O2S. The number of hydrogen-bond donors (Lipinski definition) is 1. The average Bonchev–Trinajstić information content (AvgIpc) is 3.43. The molecule has 1 saturated carbocycles. The van der Waals surface area contributed by atoms with Crippen molar-refractivity contribution >= 4 is 17.2 Å². The second kappa shape index (κ2) is 10.8. The van der Waals surface area contributed by atoms with Crippen LogP contribution < -0.4 is 10.1 Å². The molecule has 0 radical (unpaired) electrons. The lowest BCUT2D eigenvalue weighted by molar-refractivity contribution is -0.123. The summed E-state index contributed by atoms with van der Waals surface area (Å²) in [6.45, 7) is 10.2. The van der Waals surface area contributed by atoms with Crippen molar-refractivity contribution in [1.82, 2.24) is 15.1 Å². The topological polar surface area (TPSA) is 44.8 Å². The van der Waals surface area contributed by atoms with Crippen LogP contribution in [-0.4, -0.2) is 62.1 Å². The van der Waals surface area contributed by atoms with Crippen LogP contribution in [0.3, 0.4) is 0 Å². The fourth-order valence-electron chi connectivity index (χ4n) is 4.26. The number of likely N-dealkylation sites (N-methyl/N-ethyl adjacent to an activating group) is 1. The largest absolute Gasteiger partial charge is 0.493 e. The Labute approximate surface area is 196 Å². The molecule has 0 unspecified atom stereocenters. The molecule has 1 aliphatic carbocycles. The van der Waals surface area contributed by atoms with Crippen molar-refractivity contribution in [3.05, 3.63) is 52.2 Å². The van der Waals surface area contributed by atoms with Crippen molar-refractivity contribution in [3.63, 3.8) is 0 Å². The van der Waals surface area contributed by atoms with Gasteiger partial charge in [-0.15, -0.1) is 11.3 Å². The van der Waals surface area contributed by atoms with E-state index in [1.807, 2.05) is 12.1 Å². The number of carbonyl (C=O) groups excluding carboxylic acids is 1. The lowest BCUT2D eigenvalue weighted by Gasteiger charge is -2.35. The third-order valence-electron chi connectivity index (χ3n) is 6.90. The predicted molar refractivity (Wildman–Crippen MR) is 131 cm³/mol. The number of piperazine rings is 1. The van der Waals surface area contributed by atoms with E-state index >= 15 is 0 Å². The molecule has 5 nitrogen and oxygen atoms in total. The number of thiophene rings is 1. The number of nitrogens with zero attached hydrogens (tertiary/aromatic N) is 2. The van der Waals surface area contributed by atoms with Crippen molar-refractivity contribution in [2.75, 3.05) is 46.4 Å². The maximum Gasteiger partial charge on any atom is 0.224 e. The van der Waals surface area contributed by atoms with Gasteiger partial charge < -0.3 is 15.0 Å². The minimum atomic E-state index is -0.000827. The van der Waals surface area contributed by atoms with Crippen LogP contribution in [0.1, 0.15) is 49.1 Å². The first kappa shape index (κ1) is 23.3. The Morgan fingerprint density at radius 3 is 2.59 bits per heavy atom. The average molecular weight is 456 g/mol. The van der Waals surface area contributed by atoms with Gasteiger partial charge in [0.05, 0.1) is 12.6 Å². The summed E-state index contributed by atoms with van der Waals surface area (Å²) in [5, 5.41) is 5.49. The highest BCUT2D eigenvalue weighted by molar-refractivity contribution is 7.10. The zero-order valence-corrected chi connectivity index (χ0v) is 20.4. The zero-order chi connectivity index (χ0) is 22.5. The third-order valence-corrected chi connectivity index (χ3v) is 7.91. The molecular weight excluding hydrogens is 418 g/mol. The molecule has 32 heavy (non-hydrogen) atoms. The van der Waals surface area contributed by atoms with Crippen molar-refractivity contribution < 1.29 is 9.53 Å². The second-order valence-electron chi connectivity index (χ2n) is 9.52. The molecule has 2 fully saturated rings. The number of hydrogen-bond acceptors (Lipinski definition) is 5. The van der Waals surface area contributed by atoms with E-state index in [0.29, 0.717) is 11.8 Å². The van der Waals surface area contributed by atoms with E-state index in [1.165, 1.54) is 4.88 Å². The van der Waals surface area contributed by atoms with E-state index in [4.69, 9.17) is 4.74 Å². The molecule has 2 aromatic rings. The molecule has 0 bridgehead atoms. The summed E-state index contributed by atoms with van der Waals surface area (Å²) in [6, 6.07) is 12.6. The third kappa shape index (κ3) is 6.12. The lowest BCUT2D eigenvalue weighted by atomic mass is 10.0. The molecule has 2 heterocycles. The standard InChI is InChI=1S/C26H37N3O2S/c1-4-19(2)18-31-21-9-7-20(8-10-21)24(17-29-13-11-28(3)12-14-29)27-26(30)23-16-22(23)25-6-5-15-32-25/h5-10,15,19,22-24H,4,11-14,16-18H2,1-3H3,(H,27,30)/t19-,22-,23-,24-/m0/s1. The summed E-state index contributed by atoms with van der Waals surface area (Å²) in [6.07, 6.45) is 2.08. The highest BCUT2D eigenvalue weighted by atomic mass is 32.1. The Balaban J connectivity index is 1.41. The van der Waals surface area contributed by atoms with Gasteiger partial charge in [-0.25, -0.2) is 0 Å². The van der Waals surface area contributed by atoms with E-state index < -0.39 is 0 Å². The summed E-state index contributed by atoms with van der Waals surface area (Å²) < 4.78 is 5.94. The molecule has 0 spiro atoms. The number of nitrogens with one attached hydrogen (secondary N) is 1. The maximum atomic E-state index is 13.1. The summed E-state index contributed by atoms with van der Waals surface area (Å²) in [5.74, 6) is 2.16. The highest BCUT2D eigenvalue weighted by Gasteiger charge is 2.45. The van der Waals surface area contributed by atoms with Crippen LogP contribution in [0, 0.1) is 11.8 Å². The monoisotopic (exact) mass is 455 g/mol. The van der Waals surface area contributed by atoms with E-state index in [2.05, 4.69) is 65.7 Å². The first-order valence-corrected chi connectivity index (χ1v) is 12.9. The van der Waals surface area contributed by atoms with Crippen molar-refractivity contribution in [2.45, 2.75) is 38.6 Å². The smallest absolute Gasteiger partial charge is 0.224 e. The molecule has 2 aliphatic rings. The number of benzene rings is 1. The van der Waals surface area contributed by atoms with Gasteiger partial charge in [-0.2, -0.15) is 0 Å². The van der Waals surface area contributed by atoms with Crippen molar-refractivity contribution in [2.24, 2.45) is 11.8 Å². The van der Waals surface area contributed by atoms with Crippen LogP contribution in [-0.2, 0) is 4.79 Å². The van der Waals surface area contributed by atoms with Crippen LogP contribution in [0.4, 0.5) is 0 Å². The molecule has 1 aliphatic heterocycles. The maximum absolute atomic E-state index is 13.1. The van der Waals surface area contributed by atoms with Crippen LogP contribution in [0.25, 0.3) is 0 Å². The predicted octanol–water partition coefficient (Wildman–Crippen LogP) is 4.38. The molecule has 1 N–H and O–H groups in total. The minimum absolute atomic E-state index is 0.000827. The number of ether oxygens (including phenoxy) is 1. The molecule has 1 saturated heterocycles. The summed E-state index contributed by atoms with van der Waals surface area (Å²) in [7, 11) is 2.17. The SMILES string of the molecule is CC[C@H](C)COc1ccc([C@H](CN2CCN(C)CC2)NC(=O)[C@H]2C[C@@H]2c2cccs2)cc1. The van der Waals surface area contributed by atoms with Gasteiger partial charge in [-0.1, -0.05) is 38.5 Å². The summed E-state index contributed by atoms with van der Waals surface area (Å²) in [4.78, 5) is 19.3. The summed E-state index contributed by atoms with van der Waals surface area (Å²) >= 11 is 1.76. The van der Waals surface area contributed by atoms with Crippen LogP contribution in [0.15, 0.2) is 41.8 Å². The molecule has 6 heteroatoms. The zero-order valence-electron chi connectivity index (χ0n) is 19.6. The first-order chi connectivity index (χ1) is 15.5. The van der Waals surface area contributed by atoms with Gasteiger partial charge in [0.1, 0.15) is 5.75 Å². The van der Waals surface area contributed by atoms with Crippen molar-refractivity contribution in [1.29, 1.82) is 0 Å². The Kier molecular flexibility index (Phi) is 7.87. The quantitative estimate of drug-likeness (QED) is 0.577. The van der Waals surface area contributed by atoms with Gasteiger partial charge in [-0.05, 0) is 48.5 Å². The van der Waals surface area contributed by atoms with Gasteiger partial charge in [0.2, 0.25) is 5.91 Å². The molecule has 4 rings (SSSR count). The van der Waals surface area contributed by atoms with E-state index in [9.17, 15) is 4.79 Å². The Morgan fingerprint density at radius 2 is 1.94 bits per heavy atom. The number of amides is 1. The molecule has 1 aromatic carbocycles. The van der Waals surface area contributed by atoms with E-state index in [1.54, 1.807) is 11.3 Å². The number of rotatable bonds is 10. The van der Waals surface area contributed by atoms with Gasteiger partial charge in [0, 0.05) is 49.4 Å². The molecule has 174 valence electrons. The highest BCUT2D eigenvalue weighted by Crippen LogP contribution is 2.49. The second-order valence-corrected chi connectivity index (χ2v) is 10.5.